The quantitative estimate of drug-likeness (QED) is 0.393. The minimum absolute atomic E-state index is 0.0797. The van der Waals surface area contributed by atoms with E-state index in [4.69, 9.17) is 0 Å². The molecule has 2 rings (SSSR count). The lowest BCUT2D eigenvalue weighted by atomic mass is 9.72. The fraction of sp³-hybridized carbons (Fsp3) is 0.667. The van der Waals surface area contributed by atoms with E-state index in [0.717, 1.165) is 37.7 Å². The summed E-state index contributed by atoms with van der Waals surface area (Å²) in [6.45, 7) is 10.7. The molecule has 0 saturated heterocycles. The van der Waals surface area contributed by atoms with Crippen molar-refractivity contribution in [3.63, 3.8) is 0 Å². The van der Waals surface area contributed by atoms with Crippen LogP contribution in [0.1, 0.15) is 95.6 Å². The molecular formula is C24H38O2. The summed E-state index contributed by atoms with van der Waals surface area (Å²) in [7, 11) is 0. The van der Waals surface area contributed by atoms with Crippen LogP contribution in [0.2, 0.25) is 0 Å². The maximum absolute atomic E-state index is 10.8. The highest BCUT2D eigenvalue weighted by Gasteiger charge is 2.32. The maximum atomic E-state index is 10.8. The molecule has 2 N–H and O–H groups in total. The number of allylic oxidation sites excluding steroid dienone is 1. The number of hydrogen-bond donors (Lipinski definition) is 2. The van der Waals surface area contributed by atoms with E-state index in [1.165, 1.54) is 31.2 Å². The van der Waals surface area contributed by atoms with Gasteiger partial charge in [-0.2, -0.15) is 0 Å². The average Bonchev–Trinajstić information content (AvgIpc) is 2.60. The summed E-state index contributed by atoms with van der Waals surface area (Å²) >= 11 is 0. The van der Waals surface area contributed by atoms with Gasteiger partial charge in [-0.3, -0.25) is 0 Å². The SMILES string of the molecule is C=CC[C@@H]1CC[C@@H](O)C[C@H]1c1ccc(C(C)(C)CCCCCC)cc1O. The van der Waals surface area contributed by atoms with Crippen molar-refractivity contribution >= 4 is 0 Å². The number of hydrogen-bond acceptors (Lipinski definition) is 2. The highest BCUT2D eigenvalue weighted by molar-refractivity contribution is 5.42. The molecule has 0 spiro atoms. The molecule has 3 atom stereocenters. The average molecular weight is 359 g/mol. The predicted molar refractivity (Wildman–Crippen MR) is 111 cm³/mol. The molecule has 1 aromatic carbocycles. The van der Waals surface area contributed by atoms with Gasteiger partial charge in [0.15, 0.2) is 0 Å². The predicted octanol–water partition coefficient (Wildman–Crippen LogP) is 6.46. The van der Waals surface area contributed by atoms with Crippen LogP contribution < -0.4 is 0 Å². The van der Waals surface area contributed by atoms with Crippen molar-refractivity contribution < 1.29 is 10.2 Å². The summed E-state index contributed by atoms with van der Waals surface area (Å²) in [6, 6.07) is 6.28. The Balaban J connectivity index is 2.15. The van der Waals surface area contributed by atoms with Crippen LogP contribution in [0.4, 0.5) is 0 Å². The van der Waals surface area contributed by atoms with E-state index < -0.39 is 0 Å². The van der Waals surface area contributed by atoms with Crippen LogP contribution in [0.25, 0.3) is 0 Å². The van der Waals surface area contributed by atoms with Crippen molar-refractivity contribution in [3.8, 4) is 5.75 Å². The molecule has 1 fully saturated rings. The summed E-state index contributed by atoms with van der Waals surface area (Å²) in [5.74, 6) is 1.09. The third-order valence-corrected chi connectivity index (χ3v) is 6.30. The first-order valence-corrected chi connectivity index (χ1v) is 10.5. The number of aliphatic hydroxyl groups excluding tert-OH is 1. The number of aromatic hydroxyl groups is 1. The van der Waals surface area contributed by atoms with Gasteiger partial charge in [-0.05, 0) is 66.5 Å². The smallest absolute Gasteiger partial charge is 0.119 e. The Labute approximate surface area is 160 Å². The van der Waals surface area contributed by atoms with Gasteiger partial charge in [0.2, 0.25) is 0 Å². The number of rotatable bonds is 9. The minimum atomic E-state index is -0.254. The number of phenols is 1. The monoisotopic (exact) mass is 358 g/mol. The largest absolute Gasteiger partial charge is 0.508 e. The Kier molecular flexibility index (Phi) is 7.76. The second-order valence-electron chi connectivity index (χ2n) is 8.83. The third-order valence-electron chi connectivity index (χ3n) is 6.30. The molecule has 2 heteroatoms. The van der Waals surface area contributed by atoms with Crippen molar-refractivity contribution in [3.05, 3.63) is 42.0 Å². The van der Waals surface area contributed by atoms with Crippen molar-refractivity contribution in [1.29, 1.82) is 0 Å². The first kappa shape index (κ1) is 21.0. The maximum Gasteiger partial charge on any atom is 0.119 e. The Morgan fingerprint density at radius 2 is 1.96 bits per heavy atom. The summed E-state index contributed by atoms with van der Waals surface area (Å²) in [5.41, 5.74) is 2.30. The highest BCUT2D eigenvalue weighted by Crippen LogP contribution is 2.44. The third kappa shape index (κ3) is 5.36. The first-order valence-electron chi connectivity index (χ1n) is 10.5. The fourth-order valence-corrected chi connectivity index (χ4v) is 4.50. The van der Waals surface area contributed by atoms with Crippen molar-refractivity contribution in [1.82, 2.24) is 0 Å². The Morgan fingerprint density at radius 3 is 2.62 bits per heavy atom. The number of phenolic OH excluding ortho intramolecular Hbond substituents is 1. The van der Waals surface area contributed by atoms with E-state index >= 15 is 0 Å². The van der Waals surface area contributed by atoms with E-state index in [-0.39, 0.29) is 17.4 Å². The molecule has 0 aliphatic heterocycles. The molecular weight excluding hydrogens is 320 g/mol. The number of aliphatic hydroxyl groups is 1. The first-order chi connectivity index (χ1) is 12.4. The summed E-state index contributed by atoms with van der Waals surface area (Å²) < 4.78 is 0. The number of benzene rings is 1. The molecule has 1 aromatic rings. The van der Waals surface area contributed by atoms with Crippen LogP contribution >= 0.6 is 0 Å². The second-order valence-corrected chi connectivity index (χ2v) is 8.83. The van der Waals surface area contributed by atoms with E-state index in [1.54, 1.807) is 0 Å². The van der Waals surface area contributed by atoms with Crippen LogP contribution in [-0.4, -0.2) is 16.3 Å². The topological polar surface area (TPSA) is 40.5 Å². The Bertz CT molecular complexity index is 576. The van der Waals surface area contributed by atoms with Crippen molar-refractivity contribution in [2.24, 2.45) is 5.92 Å². The molecule has 1 saturated carbocycles. The zero-order valence-corrected chi connectivity index (χ0v) is 17.0. The van der Waals surface area contributed by atoms with Gasteiger partial charge in [-0.25, -0.2) is 0 Å². The van der Waals surface area contributed by atoms with Crippen LogP contribution in [0.3, 0.4) is 0 Å². The van der Waals surface area contributed by atoms with E-state index in [2.05, 4.69) is 39.5 Å². The Hall–Kier alpha value is -1.28. The van der Waals surface area contributed by atoms with Gasteiger partial charge >= 0.3 is 0 Å². The zero-order valence-electron chi connectivity index (χ0n) is 17.0. The molecule has 2 nitrogen and oxygen atoms in total. The molecule has 1 aliphatic carbocycles. The fourth-order valence-electron chi connectivity index (χ4n) is 4.50. The molecule has 0 radical (unpaired) electrons. The molecule has 0 heterocycles. The zero-order chi connectivity index (χ0) is 19.2. The van der Waals surface area contributed by atoms with E-state index in [9.17, 15) is 10.2 Å². The molecule has 0 aromatic heterocycles. The van der Waals surface area contributed by atoms with Gasteiger partial charge in [0.25, 0.3) is 0 Å². The summed E-state index contributed by atoms with van der Waals surface area (Å²) in [5, 5.41) is 20.9. The van der Waals surface area contributed by atoms with Crippen molar-refractivity contribution in [2.45, 2.75) is 96.0 Å². The summed E-state index contributed by atoms with van der Waals surface area (Å²) in [4.78, 5) is 0. The molecule has 1 aliphatic rings. The van der Waals surface area contributed by atoms with Gasteiger partial charge < -0.3 is 10.2 Å². The molecule has 0 amide bonds. The summed E-state index contributed by atoms with van der Waals surface area (Å²) in [6.07, 6.45) is 11.5. The second kappa shape index (κ2) is 9.60. The Morgan fingerprint density at radius 1 is 1.19 bits per heavy atom. The van der Waals surface area contributed by atoms with Gasteiger partial charge in [0, 0.05) is 0 Å². The normalized spacial score (nSPS) is 23.8. The highest BCUT2D eigenvalue weighted by atomic mass is 16.3. The standard InChI is InChI=1S/C24H38O2/c1-5-7-8-9-15-24(3,4)19-12-14-21(23(26)16-19)22-17-20(25)13-11-18(22)10-6-2/h6,12,14,16,18,20,22,25-26H,2,5,7-11,13,15,17H2,1,3-4H3/t18-,20-,22-/m1/s1. The van der Waals surface area contributed by atoms with Crippen LogP contribution in [-0.2, 0) is 5.41 Å². The van der Waals surface area contributed by atoms with Gasteiger partial charge in [-0.1, -0.05) is 64.7 Å². The lowest BCUT2D eigenvalue weighted by Crippen LogP contribution is -2.26. The van der Waals surface area contributed by atoms with Crippen LogP contribution in [0, 0.1) is 5.92 Å². The number of unbranched alkanes of at least 4 members (excludes halogenated alkanes) is 3. The molecule has 0 bridgehead atoms. The molecule has 0 unspecified atom stereocenters. The van der Waals surface area contributed by atoms with Gasteiger partial charge in [-0.15, -0.1) is 6.58 Å². The van der Waals surface area contributed by atoms with Gasteiger partial charge in [0.1, 0.15) is 5.75 Å². The lowest BCUT2D eigenvalue weighted by Gasteiger charge is -2.35. The van der Waals surface area contributed by atoms with Crippen LogP contribution in [0.15, 0.2) is 30.9 Å². The van der Waals surface area contributed by atoms with Crippen LogP contribution in [0.5, 0.6) is 5.75 Å². The minimum Gasteiger partial charge on any atom is -0.508 e. The lowest BCUT2D eigenvalue weighted by molar-refractivity contribution is 0.0936. The van der Waals surface area contributed by atoms with Crippen molar-refractivity contribution in [2.75, 3.05) is 0 Å². The van der Waals surface area contributed by atoms with E-state index in [1.807, 2.05) is 12.1 Å². The molecule has 146 valence electrons. The molecule has 26 heavy (non-hydrogen) atoms. The van der Waals surface area contributed by atoms with E-state index in [0.29, 0.717) is 11.7 Å². The van der Waals surface area contributed by atoms with Gasteiger partial charge in [0.05, 0.1) is 6.10 Å².